The molecule has 2 aromatic carbocycles. The molecule has 5 rings (SSSR count). The predicted molar refractivity (Wildman–Crippen MR) is 156 cm³/mol. The number of carbonyl (C=O) groups is 2. The van der Waals surface area contributed by atoms with Crippen molar-refractivity contribution in [2.45, 2.75) is 33.1 Å². The molecular formula is C32H29N3O4. The maximum Gasteiger partial charge on any atom is 0.238 e. The quantitative estimate of drug-likeness (QED) is 0.102. The number of benzene rings is 2. The maximum absolute atomic E-state index is 13.8. The molecule has 39 heavy (non-hydrogen) atoms. The lowest BCUT2D eigenvalue weighted by molar-refractivity contribution is -0.130. The number of H-pyrrole nitrogens is 2. The SMILES string of the molecule is C=CC(C)(C)c1[nH]c2ccccc2c1C1=C(O)C(N=O)=C(c2c[nH]c3c(/C=C/C(C)C)cccc23)C(=O)C1=O. The number of ketones is 2. The first kappa shape index (κ1) is 25.9. The van der Waals surface area contributed by atoms with Crippen LogP contribution in [-0.2, 0) is 15.0 Å². The molecule has 0 saturated carbocycles. The summed E-state index contributed by atoms with van der Waals surface area (Å²) >= 11 is 0. The van der Waals surface area contributed by atoms with Crippen molar-refractivity contribution in [3.8, 4) is 0 Å². The van der Waals surface area contributed by atoms with Gasteiger partial charge in [0.2, 0.25) is 11.6 Å². The number of carbonyl (C=O) groups excluding carboxylic acids is 2. The highest BCUT2D eigenvalue weighted by Gasteiger charge is 2.41. The molecule has 196 valence electrons. The van der Waals surface area contributed by atoms with Crippen LogP contribution in [0.4, 0.5) is 0 Å². The van der Waals surface area contributed by atoms with E-state index in [-0.39, 0.29) is 11.1 Å². The zero-order valence-corrected chi connectivity index (χ0v) is 22.3. The van der Waals surface area contributed by atoms with E-state index >= 15 is 0 Å². The number of Topliss-reactive ketones (excluding diaryl/α,β-unsaturated/α-hetero) is 2. The van der Waals surface area contributed by atoms with Crippen LogP contribution in [-0.4, -0.2) is 26.6 Å². The second-order valence-corrected chi connectivity index (χ2v) is 10.6. The van der Waals surface area contributed by atoms with Gasteiger partial charge in [-0.05, 0) is 22.7 Å². The smallest absolute Gasteiger partial charge is 0.238 e. The first-order valence-electron chi connectivity index (χ1n) is 12.7. The average Bonchev–Trinajstić information content (AvgIpc) is 3.52. The number of hydrogen-bond donors (Lipinski definition) is 3. The molecule has 0 saturated heterocycles. The second kappa shape index (κ2) is 9.51. The highest BCUT2D eigenvalue weighted by atomic mass is 16.3. The third kappa shape index (κ3) is 4.07. The van der Waals surface area contributed by atoms with Gasteiger partial charge in [0.1, 0.15) is 0 Å². The molecule has 2 aromatic heterocycles. The molecule has 1 aliphatic rings. The molecule has 0 amide bonds. The van der Waals surface area contributed by atoms with Crippen molar-refractivity contribution in [1.29, 1.82) is 0 Å². The van der Waals surface area contributed by atoms with Crippen LogP contribution in [0.3, 0.4) is 0 Å². The molecule has 3 N–H and O–H groups in total. The van der Waals surface area contributed by atoms with Crippen molar-refractivity contribution in [1.82, 2.24) is 9.97 Å². The number of hydrogen-bond acceptors (Lipinski definition) is 5. The van der Waals surface area contributed by atoms with Gasteiger partial charge in [-0.3, -0.25) is 9.59 Å². The van der Waals surface area contributed by atoms with Gasteiger partial charge >= 0.3 is 0 Å². The fourth-order valence-corrected chi connectivity index (χ4v) is 5.06. The Morgan fingerprint density at radius 2 is 1.69 bits per heavy atom. The molecule has 0 unspecified atom stereocenters. The minimum atomic E-state index is -0.911. The summed E-state index contributed by atoms with van der Waals surface area (Å²) in [7, 11) is 0. The third-order valence-corrected chi connectivity index (χ3v) is 7.24. The summed E-state index contributed by atoms with van der Waals surface area (Å²) in [5.74, 6) is -2.11. The molecule has 0 atom stereocenters. The molecule has 0 fully saturated rings. The van der Waals surface area contributed by atoms with Crippen LogP contribution in [0.25, 0.3) is 39.0 Å². The first-order chi connectivity index (χ1) is 18.6. The van der Waals surface area contributed by atoms with Crippen LogP contribution in [0.1, 0.15) is 50.1 Å². The topological polar surface area (TPSA) is 115 Å². The van der Waals surface area contributed by atoms with Crippen molar-refractivity contribution in [2.75, 3.05) is 0 Å². The number of aromatic nitrogens is 2. The van der Waals surface area contributed by atoms with E-state index in [4.69, 9.17) is 0 Å². The number of fused-ring (bicyclic) bond motifs is 2. The lowest BCUT2D eigenvalue weighted by Crippen LogP contribution is -2.26. The summed E-state index contributed by atoms with van der Waals surface area (Å²) in [4.78, 5) is 46.2. The number of rotatable bonds is 7. The van der Waals surface area contributed by atoms with E-state index in [2.05, 4.69) is 35.6 Å². The minimum Gasteiger partial charge on any atom is -0.505 e. The van der Waals surface area contributed by atoms with Gasteiger partial charge in [-0.2, -0.15) is 0 Å². The summed E-state index contributed by atoms with van der Waals surface area (Å²) in [6.45, 7) is 11.9. The summed E-state index contributed by atoms with van der Waals surface area (Å²) in [6, 6.07) is 12.8. The van der Waals surface area contributed by atoms with Crippen molar-refractivity contribution >= 4 is 50.6 Å². The van der Waals surface area contributed by atoms with Gasteiger partial charge in [0.25, 0.3) is 0 Å². The molecule has 7 nitrogen and oxygen atoms in total. The fourth-order valence-electron chi connectivity index (χ4n) is 5.06. The number of para-hydroxylation sites is 2. The van der Waals surface area contributed by atoms with E-state index in [1.807, 2.05) is 50.3 Å². The Hall–Kier alpha value is -4.78. The molecule has 0 bridgehead atoms. The second-order valence-electron chi connectivity index (χ2n) is 10.6. The Morgan fingerprint density at radius 3 is 2.38 bits per heavy atom. The number of nitrogens with zero attached hydrogens (tertiary/aromatic N) is 1. The first-order valence-corrected chi connectivity index (χ1v) is 12.7. The number of nitrogens with one attached hydrogen (secondary N) is 2. The molecule has 0 radical (unpaired) electrons. The standard InChI is InChI=1S/C32H29N3O4/c1-6-32(4,5)31-23(20-11-7-8-13-22(20)34-31)25-28(36)27(35-39)24(29(37)30(25)38)21-16-33-26-18(15-14-17(2)3)10-9-12-19(21)26/h6-17,33-34,36H,1H2,2-5H3/b15-14+. The largest absolute Gasteiger partial charge is 0.505 e. The van der Waals surface area contributed by atoms with Crippen LogP contribution in [0.5, 0.6) is 0 Å². The lowest BCUT2D eigenvalue weighted by Gasteiger charge is -2.23. The van der Waals surface area contributed by atoms with Gasteiger partial charge < -0.3 is 15.1 Å². The Bertz CT molecular complexity index is 1790. The van der Waals surface area contributed by atoms with E-state index in [1.54, 1.807) is 30.5 Å². The summed E-state index contributed by atoms with van der Waals surface area (Å²) < 4.78 is 0. The fraction of sp³-hybridized carbons (Fsp3) is 0.188. The van der Waals surface area contributed by atoms with Crippen molar-refractivity contribution < 1.29 is 14.7 Å². The number of allylic oxidation sites excluding steroid dienone is 4. The Labute approximate surface area is 225 Å². The molecule has 7 heteroatoms. The Morgan fingerprint density at radius 1 is 1.00 bits per heavy atom. The average molecular weight is 520 g/mol. The third-order valence-electron chi connectivity index (χ3n) is 7.24. The Kier molecular flexibility index (Phi) is 6.30. The van der Waals surface area contributed by atoms with Crippen molar-refractivity contribution in [3.05, 3.63) is 106 Å². The number of aliphatic hydroxyl groups excluding tert-OH is 1. The van der Waals surface area contributed by atoms with Gasteiger partial charge in [0.15, 0.2) is 11.5 Å². The van der Waals surface area contributed by atoms with Gasteiger partial charge in [-0.25, -0.2) is 0 Å². The van der Waals surface area contributed by atoms with Crippen LogP contribution >= 0.6 is 0 Å². The number of aromatic amines is 2. The molecule has 2 heterocycles. The van der Waals surface area contributed by atoms with Crippen LogP contribution < -0.4 is 0 Å². The van der Waals surface area contributed by atoms with E-state index in [0.29, 0.717) is 39.0 Å². The summed E-state index contributed by atoms with van der Waals surface area (Å²) in [5.41, 5.74) is 2.02. The van der Waals surface area contributed by atoms with Gasteiger partial charge in [-0.1, -0.05) is 82.3 Å². The van der Waals surface area contributed by atoms with Crippen molar-refractivity contribution in [3.63, 3.8) is 0 Å². The van der Waals surface area contributed by atoms with E-state index < -0.39 is 28.4 Å². The normalized spacial score (nSPS) is 15.0. The minimum absolute atomic E-state index is 0.225. The van der Waals surface area contributed by atoms with Crippen LogP contribution in [0.15, 0.2) is 84.0 Å². The molecular weight excluding hydrogens is 490 g/mol. The van der Waals surface area contributed by atoms with Crippen LogP contribution in [0.2, 0.25) is 0 Å². The lowest BCUT2D eigenvalue weighted by atomic mass is 9.79. The zero-order valence-electron chi connectivity index (χ0n) is 22.3. The predicted octanol–water partition coefficient (Wildman–Crippen LogP) is 7.38. The number of aliphatic hydroxyl groups is 1. The molecule has 1 aliphatic carbocycles. The van der Waals surface area contributed by atoms with Gasteiger partial charge in [-0.15, -0.1) is 11.5 Å². The molecule has 4 aromatic rings. The molecule has 0 spiro atoms. The monoisotopic (exact) mass is 519 g/mol. The molecule has 0 aliphatic heterocycles. The highest BCUT2D eigenvalue weighted by Crippen LogP contribution is 2.44. The summed E-state index contributed by atoms with van der Waals surface area (Å²) in [5, 5.41) is 15.8. The van der Waals surface area contributed by atoms with Gasteiger partial charge in [0.05, 0.1) is 16.7 Å². The zero-order chi connectivity index (χ0) is 28.1. The van der Waals surface area contributed by atoms with E-state index in [0.717, 1.165) is 11.1 Å². The van der Waals surface area contributed by atoms with Crippen molar-refractivity contribution in [2.24, 2.45) is 11.1 Å². The number of nitroso groups, excluding NO2 is 1. The Balaban J connectivity index is 1.80. The van der Waals surface area contributed by atoms with E-state index in [1.165, 1.54) is 0 Å². The van der Waals surface area contributed by atoms with Gasteiger partial charge in [0, 0.05) is 44.7 Å². The highest BCUT2D eigenvalue weighted by molar-refractivity contribution is 6.67. The maximum atomic E-state index is 13.8. The van der Waals surface area contributed by atoms with Crippen LogP contribution in [0, 0.1) is 10.8 Å². The summed E-state index contributed by atoms with van der Waals surface area (Å²) in [6.07, 6.45) is 7.31. The van der Waals surface area contributed by atoms with E-state index in [9.17, 15) is 19.6 Å².